The molecular weight excluding hydrogens is 218 g/mol. The van der Waals surface area contributed by atoms with Gasteiger partial charge in [0.2, 0.25) is 5.95 Å². The highest BCUT2D eigenvalue weighted by atomic mass is 16.4. The van der Waals surface area contributed by atoms with Gasteiger partial charge in [-0.05, 0) is 31.7 Å². The van der Waals surface area contributed by atoms with Crippen molar-refractivity contribution in [2.75, 3.05) is 18.5 Å². The van der Waals surface area contributed by atoms with E-state index in [-0.39, 0.29) is 6.42 Å². The molecule has 1 heterocycles. The zero-order valence-corrected chi connectivity index (χ0v) is 10.2. The Balaban J connectivity index is 2.16. The van der Waals surface area contributed by atoms with Crippen molar-refractivity contribution in [3.63, 3.8) is 0 Å². The van der Waals surface area contributed by atoms with Crippen LogP contribution in [0.1, 0.15) is 29.8 Å². The maximum atomic E-state index is 10.5. The van der Waals surface area contributed by atoms with Gasteiger partial charge < -0.3 is 10.0 Å². The molecule has 17 heavy (non-hydrogen) atoms. The fourth-order valence-corrected chi connectivity index (χ4v) is 2.14. The van der Waals surface area contributed by atoms with Crippen molar-refractivity contribution in [3.8, 4) is 0 Å². The minimum Gasteiger partial charge on any atom is -0.481 e. The van der Waals surface area contributed by atoms with Crippen LogP contribution in [0.2, 0.25) is 0 Å². The van der Waals surface area contributed by atoms with Gasteiger partial charge in [-0.2, -0.15) is 0 Å². The molecule has 0 saturated heterocycles. The zero-order valence-electron chi connectivity index (χ0n) is 10.2. The van der Waals surface area contributed by atoms with Crippen molar-refractivity contribution in [2.24, 2.45) is 0 Å². The van der Waals surface area contributed by atoms with Crippen molar-refractivity contribution in [3.05, 3.63) is 17.0 Å². The number of hydrogen-bond acceptors (Lipinski definition) is 4. The van der Waals surface area contributed by atoms with Crippen LogP contribution in [-0.2, 0) is 17.6 Å². The van der Waals surface area contributed by atoms with E-state index in [1.165, 1.54) is 5.56 Å². The van der Waals surface area contributed by atoms with Crippen molar-refractivity contribution in [1.29, 1.82) is 0 Å². The monoisotopic (exact) mass is 235 g/mol. The van der Waals surface area contributed by atoms with Crippen molar-refractivity contribution in [1.82, 2.24) is 9.97 Å². The number of carboxylic acids is 1. The summed E-state index contributed by atoms with van der Waals surface area (Å²) in [5, 5.41) is 8.65. The van der Waals surface area contributed by atoms with E-state index in [0.29, 0.717) is 12.5 Å². The third-order valence-corrected chi connectivity index (χ3v) is 3.13. The number of aliphatic carboxylic acids is 1. The Labute approximate surface area is 100 Å². The van der Waals surface area contributed by atoms with Crippen LogP contribution in [0.3, 0.4) is 0 Å². The first-order chi connectivity index (χ1) is 8.08. The smallest absolute Gasteiger partial charge is 0.305 e. The number of fused-ring (bicyclic) bond motifs is 1. The van der Waals surface area contributed by atoms with Gasteiger partial charge in [-0.1, -0.05) is 0 Å². The normalized spacial score (nSPS) is 13.5. The molecule has 1 aromatic heterocycles. The van der Waals surface area contributed by atoms with Gasteiger partial charge in [0.25, 0.3) is 0 Å². The maximum Gasteiger partial charge on any atom is 0.305 e. The minimum atomic E-state index is -0.797. The molecule has 0 fully saturated rings. The molecular formula is C12H17N3O2. The summed E-state index contributed by atoms with van der Waals surface area (Å²) in [5.74, 6) is -0.154. The number of rotatable bonds is 4. The topological polar surface area (TPSA) is 66.3 Å². The Bertz CT molecular complexity index is 446. The molecule has 92 valence electrons. The van der Waals surface area contributed by atoms with E-state index in [2.05, 4.69) is 9.97 Å². The van der Waals surface area contributed by atoms with Crippen LogP contribution in [0.25, 0.3) is 0 Å². The molecule has 0 amide bonds. The molecule has 1 N–H and O–H groups in total. The highest BCUT2D eigenvalue weighted by Gasteiger charge is 2.18. The van der Waals surface area contributed by atoms with E-state index in [9.17, 15) is 4.79 Å². The first kappa shape index (κ1) is 11.8. The predicted octanol–water partition coefficient (Wildman–Crippen LogP) is 1.18. The lowest BCUT2D eigenvalue weighted by molar-refractivity contribution is -0.136. The number of hydrogen-bond donors (Lipinski definition) is 1. The summed E-state index contributed by atoms with van der Waals surface area (Å²) in [7, 11) is 1.83. The molecule has 0 aliphatic heterocycles. The second-order valence-electron chi connectivity index (χ2n) is 4.45. The first-order valence-corrected chi connectivity index (χ1v) is 5.87. The summed E-state index contributed by atoms with van der Waals surface area (Å²) in [6, 6.07) is 0. The van der Waals surface area contributed by atoms with E-state index in [1.54, 1.807) is 4.90 Å². The third kappa shape index (κ3) is 2.54. The zero-order chi connectivity index (χ0) is 12.4. The van der Waals surface area contributed by atoms with E-state index >= 15 is 0 Å². The van der Waals surface area contributed by atoms with Crippen LogP contribution in [-0.4, -0.2) is 34.6 Å². The SMILES string of the molecule is Cc1nc(N(C)CCC(=O)O)nc2c1CCC2. The molecule has 0 saturated carbocycles. The molecule has 2 rings (SSSR count). The highest BCUT2D eigenvalue weighted by Crippen LogP contribution is 2.24. The fourth-order valence-electron chi connectivity index (χ4n) is 2.14. The highest BCUT2D eigenvalue weighted by molar-refractivity contribution is 5.67. The largest absolute Gasteiger partial charge is 0.481 e. The summed E-state index contributed by atoms with van der Waals surface area (Å²) >= 11 is 0. The van der Waals surface area contributed by atoms with E-state index in [1.807, 2.05) is 14.0 Å². The quantitative estimate of drug-likeness (QED) is 0.849. The summed E-state index contributed by atoms with van der Waals surface area (Å²) in [4.78, 5) is 21.3. The van der Waals surface area contributed by atoms with Gasteiger partial charge >= 0.3 is 5.97 Å². The maximum absolute atomic E-state index is 10.5. The van der Waals surface area contributed by atoms with E-state index in [4.69, 9.17) is 5.11 Å². The molecule has 0 bridgehead atoms. The minimum absolute atomic E-state index is 0.107. The Morgan fingerprint density at radius 3 is 2.88 bits per heavy atom. The second kappa shape index (κ2) is 4.69. The van der Waals surface area contributed by atoms with Crippen LogP contribution >= 0.6 is 0 Å². The van der Waals surface area contributed by atoms with Gasteiger partial charge in [-0.3, -0.25) is 4.79 Å². The van der Waals surface area contributed by atoms with Crippen molar-refractivity contribution >= 4 is 11.9 Å². The lowest BCUT2D eigenvalue weighted by atomic mass is 10.2. The van der Waals surface area contributed by atoms with Crippen LogP contribution in [0.4, 0.5) is 5.95 Å². The third-order valence-electron chi connectivity index (χ3n) is 3.13. The number of aromatic nitrogens is 2. The first-order valence-electron chi connectivity index (χ1n) is 5.87. The van der Waals surface area contributed by atoms with Crippen LogP contribution in [0, 0.1) is 6.92 Å². The summed E-state index contributed by atoms with van der Waals surface area (Å²) in [6.45, 7) is 2.44. The van der Waals surface area contributed by atoms with Crippen LogP contribution < -0.4 is 4.90 Å². The molecule has 1 aromatic rings. The molecule has 1 aliphatic rings. The summed E-state index contributed by atoms with van der Waals surface area (Å²) < 4.78 is 0. The van der Waals surface area contributed by atoms with Gasteiger partial charge in [0, 0.05) is 25.0 Å². The number of carboxylic acid groups (broad SMARTS) is 1. The Morgan fingerprint density at radius 1 is 1.41 bits per heavy atom. The van der Waals surface area contributed by atoms with Gasteiger partial charge in [0.1, 0.15) is 0 Å². The molecule has 5 nitrogen and oxygen atoms in total. The van der Waals surface area contributed by atoms with Crippen molar-refractivity contribution in [2.45, 2.75) is 32.6 Å². The second-order valence-corrected chi connectivity index (χ2v) is 4.45. The average Bonchev–Trinajstić information content (AvgIpc) is 2.74. The van der Waals surface area contributed by atoms with Crippen LogP contribution in [0.15, 0.2) is 0 Å². The molecule has 5 heteroatoms. The Hall–Kier alpha value is -1.65. The van der Waals surface area contributed by atoms with Crippen LogP contribution in [0.5, 0.6) is 0 Å². The van der Waals surface area contributed by atoms with Gasteiger partial charge in [-0.15, -0.1) is 0 Å². The lowest BCUT2D eigenvalue weighted by Gasteiger charge is -2.17. The fraction of sp³-hybridized carbons (Fsp3) is 0.583. The number of nitrogens with zero attached hydrogens (tertiary/aromatic N) is 3. The average molecular weight is 235 g/mol. The molecule has 0 unspecified atom stereocenters. The van der Waals surface area contributed by atoms with Gasteiger partial charge in [-0.25, -0.2) is 9.97 Å². The molecule has 0 spiro atoms. The number of carbonyl (C=O) groups is 1. The standard InChI is InChI=1S/C12H17N3O2/c1-8-9-4-3-5-10(9)14-12(13-8)15(2)7-6-11(16)17/h3-7H2,1-2H3,(H,16,17). The number of anilines is 1. The van der Waals surface area contributed by atoms with E-state index < -0.39 is 5.97 Å². The molecule has 1 aliphatic carbocycles. The lowest BCUT2D eigenvalue weighted by Crippen LogP contribution is -2.24. The molecule has 0 radical (unpaired) electrons. The molecule has 0 atom stereocenters. The van der Waals surface area contributed by atoms with E-state index in [0.717, 1.165) is 30.7 Å². The van der Waals surface area contributed by atoms with Crippen molar-refractivity contribution < 1.29 is 9.90 Å². The number of aryl methyl sites for hydroxylation is 2. The summed E-state index contributed by atoms with van der Waals surface area (Å²) in [6.07, 6.45) is 3.34. The Morgan fingerprint density at radius 2 is 2.18 bits per heavy atom. The predicted molar refractivity (Wildman–Crippen MR) is 64.3 cm³/mol. The Kier molecular flexibility index (Phi) is 3.26. The summed E-state index contributed by atoms with van der Waals surface area (Å²) in [5.41, 5.74) is 3.44. The molecule has 0 aromatic carbocycles. The van der Waals surface area contributed by atoms with Gasteiger partial charge in [0.15, 0.2) is 0 Å². The van der Waals surface area contributed by atoms with Gasteiger partial charge in [0.05, 0.1) is 6.42 Å².